The van der Waals surface area contributed by atoms with Gasteiger partial charge >= 0.3 is 0 Å². The van der Waals surface area contributed by atoms with Crippen LogP contribution in [-0.4, -0.2) is 50.8 Å². The molecular weight excluding hydrogens is 276 g/mol. The van der Waals surface area contributed by atoms with E-state index in [9.17, 15) is 8.42 Å². The molecule has 2 aliphatic heterocycles. The summed E-state index contributed by atoms with van der Waals surface area (Å²) in [6.45, 7) is 2.21. The maximum Gasteiger partial charge on any atom is 0.211 e. The number of nitrogens with two attached hydrogens (primary N) is 1. The summed E-state index contributed by atoms with van der Waals surface area (Å²) in [4.78, 5) is 0. The second-order valence-electron chi connectivity index (χ2n) is 6.34. The molecule has 3 atom stereocenters. The van der Waals surface area contributed by atoms with Gasteiger partial charge in [0, 0.05) is 25.7 Å². The minimum absolute atomic E-state index is 0.170. The first-order valence-electron chi connectivity index (χ1n) is 7.77. The summed E-state index contributed by atoms with van der Waals surface area (Å²) in [6, 6.07) is 0.170. The average molecular weight is 304 g/mol. The van der Waals surface area contributed by atoms with Crippen LogP contribution in [0.3, 0.4) is 0 Å². The molecule has 2 N–H and O–H groups in total. The molecule has 6 heteroatoms. The highest BCUT2D eigenvalue weighted by Gasteiger charge is 2.27. The highest BCUT2D eigenvalue weighted by atomic mass is 32.2. The van der Waals surface area contributed by atoms with E-state index < -0.39 is 10.0 Å². The number of sulfonamides is 1. The van der Waals surface area contributed by atoms with Gasteiger partial charge in [-0.3, -0.25) is 0 Å². The summed E-state index contributed by atoms with van der Waals surface area (Å²) >= 11 is 0. The Labute approximate surface area is 122 Å². The summed E-state index contributed by atoms with van der Waals surface area (Å²) in [7, 11) is -3.05. The van der Waals surface area contributed by atoms with Crippen molar-refractivity contribution >= 4 is 10.0 Å². The molecule has 2 saturated heterocycles. The van der Waals surface area contributed by atoms with Crippen LogP contribution in [0.1, 0.15) is 44.9 Å². The van der Waals surface area contributed by atoms with Crippen molar-refractivity contribution in [2.75, 3.05) is 26.0 Å². The Morgan fingerprint density at radius 2 is 2.15 bits per heavy atom. The number of ether oxygens (including phenoxy) is 1. The number of hydrogen-bond donors (Lipinski definition) is 1. The van der Waals surface area contributed by atoms with Crippen LogP contribution < -0.4 is 5.73 Å². The van der Waals surface area contributed by atoms with E-state index >= 15 is 0 Å². The lowest BCUT2D eigenvalue weighted by molar-refractivity contribution is 0.0994. The maximum atomic E-state index is 11.6. The molecule has 2 fully saturated rings. The zero-order valence-corrected chi connectivity index (χ0v) is 13.3. The van der Waals surface area contributed by atoms with Gasteiger partial charge in [-0.05, 0) is 50.9 Å². The molecule has 3 unspecified atom stereocenters. The Balaban J connectivity index is 1.71. The summed E-state index contributed by atoms with van der Waals surface area (Å²) < 4.78 is 30.4. The van der Waals surface area contributed by atoms with Gasteiger partial charge in [-0.25, -0.2) is 12.7 Å². The van der Waals surface area contributed by atoms with E-state index in [1.807, 2.05) is 0 Å². The molecule has 0 aromatic heterocycles. The second kappa shape index (κ2) is 7.20. The third kappa shape index (κ3) is 4.98. The van der Waals surface area contributed by atoms with Crippen molar-refractivity contribution in [3.63, 3.8) is 0 Å². The molecule has 0 bridgehead atoms. The van der Waals surface area contributed by atoms with Gasteiger partial charge in [-0.1, -0.05) is 0 Å². The molecule has 0 spiro atoms. The van der Waals surface area contributed by atoms with E-state index in [1.165, 1.54) is 12.7 Å². The average Bonchev–Trinajstić information content (AvgIpc) is 2.89. The third-order valence-electron chi connectivity index (χ3n) is 4.47. The SMILES string of the molecule is CS(=O)(=O)N1CCCC(CC(N)CCC2CCCO2)C1. The number of nitrogens with zero attached hydrogens (tertiary/aromatic N) is 1. The van der Waals surface area contributed by atoms with Crippen molar-refractivity contribution < 1.29 is 13.2 Å². The van der Waals surface area contributed by atoms with Crippen LogP contribution in [0.15, 0.2) is 0 Å². The van der Waals surface area contributed by atoms with E-state index in [-0.39, 0.29) is 6.04 Å². The first kappa shape index (κ1) is 16.2. The first-order chi connectivity index (χ1) is 9.45. The maximum absolute atomic E-state index is 11.6. The van der Waals surface area contributed by atoms with Gasteiger partial charge in [0.25, 0.3) is 0 Å². The molecule has 0 aromatic carbocycles. The molecule has 5 nitrogen and oxygen atoms in total. The van der Waals surface area contributed by atoms with Crippen molar-refractivity contribution in [3.8, 4) is 0 Å². The minimum Gasteiger partial charge on any atom is -0.378 e. The predicted molar refractivity (Wildman–Crippen MR) is 79.9 cm³/mol. The molecule has 0 amide bonds. The fourth-order valence-corrected chi connectivity index (χ4v) is 4.28. The zero-order valence-electron chi connectivity index (χ0n) is 12.5. The molecule has 118 valence electrons. The van der Waals surface area contributed by atoms with Crippen LogP contribution in [0.2, 0.25) is 0 Å². The van der Waals surface area contributed by atoms with Crippen molar-refractivity contribution in [1.29, 1.82) is 0 Å². The standard InChI is InChI=1S/C14H28N2O3S/c1-20(17,18)16-8-2-4-12(11-16)10-13(15)6-7-14-5-3-9-19-14/h12-14H,2-11,15H2,1H3. The quantitative estimate of drug-likeness (QED) is 0.803. The van der Waals surface area contributed by atoms with Gasteiger partial charge in [0.2, 0.25) is 10.0 Å². The van der Waals surface area contributed by atoms with Gasteiger partial charge in [0.15, 0.2) is 0 Å². The molecule has 2 heterocycles. The normalized spacial score (nSPS) is 30.5. The Hall–Kier alpha value is -0.170. The largest absolute Gasteiger partial charge is 0.378 e. The Kier molecular flexibility index (Phi) is 5.84. The zero-order chi connectivity index (χ0) is 14.6. The van der Waals surface area contributed by atoms with E-state index in [1.54, 1.807) is 4.31 Å². The Bertz CT molecular complexity index is 393. The van der Waals surface area contributed by atoms with E-state index in [0.29, 0.717) is 25.1 Å². The summed E-state index contributed by atoms with van der Waals surface area (Å²) in [5.41, 5.74) is 6.21. The molecule has 0 saturated carbocycles. The van der Waals surface area contributed by atoms with E-state index in [0.717, 1.165) is 45.1 Å². The van der Waals surface area contributed by atoms with Crippen LogP contribution in [0.4, 0.5) is 0 Å². The summed E-state index contributed by atoms with van der Waals surface area (Å²) in [5.74, 6) is 0.415. The van der Waals surface area contributed by atoms with Crippen LogP contribution in [0.5, 0.6) is 0 Å². The number of piperidine rings is 1. The van der Waals surface area contributed by atoms with Crippen molar-refractivity contribution in [2.45, 2.75) is 57.1 Å². The highest BCUT2D eigenvalue weighted by Crippen LogP contribution is 2.24. The summed E-state index contributed by atoms with van der Waals surface area (Å²) in [5, 5.41) is 0. The van der Waals surface area contributed by atoms with Gasteiger partial charge in [0.05, 0.1) is 12.4 Å². The van der Waals surface area contributed by atoms with Crippen molar-refractivity contribution in [1.82, 2.24) is 4.31 Å². The van der Waals surface area contributed by atoms with Gasteiger partial charge in [-0.2, -0.15) is 0 Å². The smallest absolute Gasteiger partial charge is 0.211 e. The molecular formula is C14H28N2O3S. The topological polar surface area (TPSA) is 72.6 Å². The lowest BCUT2D eigenvalue weighted by atomic mass is 9.90. The van der Waals surface area contributed by atoms with Crippen LogP contribution in [0, 0.1) is 5.92 Å². The lowest BCUT2D eigenvalue weighted by Crippen LogP contribution is -2.41. The second-order valence-corrected chi connectivity index (χ2v) is 8.32. The minimum atomic E-state index is -3.05. The molecule has 2 aliphatic rings. The fourth-order valence-electron chi connectivity index (χ4n) is 3.34. The first-order valence-corrected chi connectivity index (χ1v) is 9.62. The van der Waals surface area contributed by atoms with E-state index in [4.69, 9.17) is 10.5 Å². The molecule has 20 heavy (non-hydrogen) atoms. The molecule has 0 radical (unpaired) electrons. The highest BCUT2D eigenvalue weighted by molar-refractivity contribution is 7.88. The Morgan fingerprint density at radius 3 is 2.80 bits per heavy atom. The fraction of sp³-hybridized carbons (Fsp3) is 1.00. The predicted octanol–water partition coefficient (Wildman–Crippen LogP) is 1.33. The molecule has 0 aromatic rings. The molecule has 2 rings (SSSR count). The van der Waals surface area contributed by atoms with Gasteiger partial charge in [0.1, 0.15) is 0 Å². The van der Waals surface area contributed by atoms with Crippen LogP contribution >= 0.6 is 0 Å². The number of rotatable bonds is 6. The number of hydrogen-bond acceptors (Lipinski definition) is 4. The van der Waals surface area contributed by atoms with Gasteiger partial charge in [-0.15, -0.1) is 0 Å². The molecule has 0 aliphatic carbocycles. The van der Waals surface area contributed by atoms with Crippen molar-refractivity contribution in [3.05, 3.63) is 0 Å². The van der Waals surface area contributed by atoms with Gasteiger partial charge < -0.3 is 10.5 Å². The Morgan fingerprint density at radius 1 is 1.35 bits per heavy atom. The van der Waals surface area contributed by atoms with Crippen LogP contribution in [-0.2, 0) is 14.8 Å². The monoisotopic (exact) mass is 304 g/mol. The van der Waals surface area contributed by atoms with E-state index in [2.05, 4.69) is 0 Å². The summed E-state index contributed by atoms with van der Waals surface area (Å²) in [6.07, 6.45) is 9.05. The van der Waals surface area contributed by atoms with Crippen LogP contribution in [0.25, 0.3) is 0 Å². The third-order valence-corrected chi connectivity index (χ3v) is 5.74. The van der Waals surface area contributed by atoms with Crippen molar-refractivity contribution in [2.24, 2.45) is 11.7 Å². The lowest BCUT2D eigenvalue weighted by Gasteiger charge is -2.32.